The average molecular weight is 1210 g/mol. The quantitative estimate of drug-likeness (QED) is 0.0473. The minimum absolute atomic E-state index is 0.0645. The van der Waals surface area contributed by atoms with E-state index in [9.17, 15) is 9.50 Å². The highest BCUT2D eigenvalue weighted by Gasteiger charge is 2.55. The third-order valence-corrected chi connectivity index (χ3v) is 39.5. The maximum atomic E-state index is 14.5. The van der Waals surface area contributed by atoms with E-state index in [1.807, 2.05) is 13.0 Å². The van der Waals surface area contributed by atoms with Gasteiger partial charge in [0.25, 0.3) is 8.32 Å². The van der Waals surface area contributed by atoms with Crippen molar-refractivity contribution in [1.29, 1.82) is 0 Å². The Hall–Kier alpha value is -2.38. The van der Waals surface area contributed by atoms with Crippen LogP contribution in [-0.2, 0) is 43.3 Å². The van der Waals surface area contributed by atoms with Gasteiger partial charge in [0.1, 0.15) is 17.5 Å². The summed E-state index contributed by atoms with van der Waals surface area (Å²) in [6.45, 7) is 46.5. The molecule has 5 rings (SSSR count). The molecule has 2 aliphatic rings. The van der Waals surface area contributed by atoms with Crippen LogP contribution in [-0.4, -0.2) is 107 Å². The number of ether oxygens (including phenoxy) is 4. The van der Waals surface area contributed by atoms with Crippen LogP contribution < -0.4 is 10.4 Å². The normalized spacial score (nSPS) is 19.9. The Morgan fingerprint density at radius 2 is 1.34 bits per heavy atom. The number of hydrogen-bond acceptors (Lipinski definition) is 9. The Kier molecular flexibility index (Phi) is 26.2. The molecule has 0 aromatic heterocycles. The lowest BCUT2D eigenvalue weighted by Crippen LogP contribution is -2.68. The standard InChI is InChI=1S/C68H113FO9Si4/c1-20-80(21-2,22-3)78-67(51-76-82(66(15,16)17,59-36-25-23-26-37-59)60-38-27-24-28-39-60)47-63(72-50-67)64(70)62(71-49-57-34-31-35-58(69)46-57)45-55(10)33-29-30-41-68(73-43-44-74-68)42-32-40-61(77-79(18,19)65(12,13)14)56(11)48-75-81(52(4)5,53(6)7)54(8)9/h23-29,31,34-39,46,52-54,56,61-64,70H,20-22,30,32,40-45,47-51H2,1-19H3/t33?,56-,61-,62-,63+,64-,67+/m0/s1. The smallest absolute Gasteiger partial charge is 0.261 e. The number of halogens is 1. The van der Waals surface area contributed by atoms with E-state index in [0.717, 1.165) is 43.0 Å². The van der Waals surface area contributed by atoms with E-state index in [-0.39, 0.29) is 41.1 Å². The van der Waals surface area contributed by atoms with Gasteiger partial charge in [-0.1, -0.05) is 184 Å². The molecule has 0 bridgehead atoms. The molecule has 0 amide bonds. The van der Waals surface area contributed by atoms with Crippen molar-refractivity contribution in [3.05, 3.63) is 114 Å². The summed E-state index contributed by atoms with van der Waals surface area (Å²) >= 11 is 0. The van der Waals surface area contributed by atoms with Crippen molar-refractivity contribution >= 4 is 43.6 Å². The molecule has 6 atom stereocenters. The number of rotatable bonds is 33. The third-order valence-electron chi connectivity index (χ3n) is 19.2. The second-order valence-electron chi connectivity index (χ2n) is 27.9. The van der Waals surface area contributed by atoms with Crippen molar-refractivity contribution in [2.45, 2.75) is 263 Å². The van der Waals surface area contributed by atoms with Gasteiger partial charge in [0.15, 0.2) is 30.7 Å². The molecule has 9 nitrogen and oxygen atoms in total. The van der Waals surface area contributed by atoms with Crippen LogP contribution in [0.4, 0.5) is 4.39 Å². The lowest BCUT2D eigenvalue weighted by molar-refractivity contribution is -0.167. The highest BCUT2D eigenvalue weighted by atomic mass is 28.4. The van der Waals surface area contributed by atoms with Crippen LogP contribution in [0, 0.1) is 11.7 Å². The van der Waals surface area contributed by atoms with E-state index in [0.29, 0.717) is 74.3 Å². The summed E-state index contributed by atoms with van der Waals surface area (Å²) < 4.78 is 70.7. The Balaban J connectivity index is 1.37. The van der Waals surface area contributed by atoms with Gasteiger partial charge in [-0.15, -0.1) is 5.73 Å². The van der Waals surface area contributed by atoms with Gasteiger partial charge >= 0.3 is 0 Å². The van der Waals surface area contributed by atoms with Crippen LogP contribution >= 0.6 is 0 Å². The van der Waals surface area contributed by atoms with Crippen LogP contribution in [0.1, 0.15) is 168 Å². The van der Waals surface area contributed by atoms with E-state index in [4.69, 9.17) is 36.7 Å². The predicted molar refractivity (Wildman–Crippen MR) is 348 cm³/mol. The fraction of sp³-hybridized carbons (Fsp3) is 0.691. The molecular weight excluding hydrogens is 1090 g/mol. The number of aliphatic hydroxyl groups excluding tert-OH is 1. The van der Waals surface area contributed by atoms with Crippen molar-refractivity contribution in [3.8, 4) is 0 Å². The molecule has 0 radical (unpaired) electrons. The fourth-order valence-electron chi connectivity index (χ4n) is 13.2. The lowest BCUT2D eigenvalue weighted by atomic mass is 9.94. The molecule has 2 aliphatic heterocycles. The zero-order valence-corrected chi connectivity index (χ0v) is 58.7. The Morgan fingerprint density at radius 1 is 0.768 bits per heavy atom. The first kappa shape index (κ1) is 70.4. The van der Waals surface area contributed by atoms with E-state index >= 15 is 0 Å². The van der Waals surface area contributed by atoms with Gasteiger partial charge in [-0.3, -0.25) is 0 Å². The van der Waals surface area contributed by atoms with Gasteiger partial charge in [-0.05, 0) is 124 Å². The van der Waals surface area contributed by atoms with Crippen LogP contribution in [0.15, 0.2) is 102 Å². The number of hydrogen-bond donors (Lipinski definition) is 1. The topological polar surface area (TPSA) is 94.1 Å². The zero-order chi connectivity index (χ0) is 60.8. The van der Waals surface area contributed by atoms with Crippen LogP contribution in [0.2, 0.25) is 57.9 Å². The third kappa shape index (κ3) is 17.7. The molecule has 14 heteroatoms. The maximum absolute atomic E-state index is 14.5. The van der Waals surface area contributed by atoms with Crippen molar-refractivity contribution < 1.29 is 46.1 Å². The second kappa shape index (κ2) is 30.5. The second-order valence-corrected chi connectivity index (χ2v) is 47.1. The summed E-state index contributed by atoms with van der Waals surface area (Å²) in [6.07, 6.45) is 4.62. The summed E-state index contributed by atoms with van der Waals surface area (Å²) in [5, 5.41) is 14.9. The molecule has 0 unspecified atom stereocenters. The Bertz CT molecular complexity index is 2360. The van der Waals surface area contributed by atoms with Gasteiger partial charge in [0, 0.05) is 44.3 Å². The van der Waals surface area contributed by atoms with Crippen molar-refractivity contribution in [2.75, 3.05) is 33.0 Å². The Morgan fingerprint density at radius 3 is 1.85 bits per heavy atom. The summed E-state index contributed by atoms with van der Waals surface area (Å²) in [7, 11) is -9.38. The van der Waals surface area contributed by atoms with Crippen molar-refractivity contribution in [1.82, 2.24) is 0 Å². The molecule has 3 aromatic rings. The van der Waals surface area contributed by atoms with Gasteiger partial charge < -0.3 is 41.8 Å². The molecule has 462 valence electrons. The lowest BCUT2D eigenvalue weighted by Gasteiger charge is -2.46. The van der Waals surface area contributed by atoms with E-state index < -0.39 is 63.0 Å². The SMILES string of the molecule is CC[Si](CC)(CC)O[C@@]1(CO[Si](c2ccccc2)(c2ccccc2)C(C)(C)C)CO[C@@H]([C@@H](O)[C@H](CC(C)=C=CCCC2(CCC[C@H](O[Si](C)(C)C(C)(C)C)[C@@H](C)CO[Si](C(C)C)(C(C)C)C(C)C)OCCO2)OCc2cccc(F)c2)C1. The first-order valence-electron chi connectivity index (χ1n) is 31.6. The molecule has 0 saturated carbocycles. The van der Waals surface area contributed by atoms with E-state index in [2.05, 4.69) is 196 Å². The van der Waals surface area contributed by atoms with Crippen LogP contribution in [0.25, 0.3) is 0 Å². The predicted octanol–water partition coefficient (Wildman–Crippen LogP) is 16.6. The number of aliphatic hydroxyl groups is 1. The first-order valence-corrected chi connectivity index (χ1v) is 41.1. The monoisotopic (exact) mass is 1200 g/mol. The summed E-state index contributed by atoms with van der Waals surface area (Å²) in [6, 6.07) is 30.8. The molecule has 2 heterocycles. The molecule has 2 saturated heterocycles. The maximum Gasteiger partial charge on any atom is 0.261 e. The summed E-state index contributed by atoms with van der Waals surface area (Å²) in [4.78, 5) is 0. The molecule has 0 aliphatic carbocycles. The fourth-order valence-corrected chi connectivity index (χ4v) is 27.9. The van der Waals surface area contributed by atoms with Crippen LogP contribution in [0.3, 0.4) is 0 Å². The minimum atomic E-state index is -2.97. The van der Waals surface area contributed by atoms with Crippen molar-refractivity contribution in [3.63, 3.8) is 0 Å². The van der Waals surface area contributed by atoms with Crippen molar-refractivity contribution in [2.24, 2.45) is 5.92 Å². The summed E-state index contributed by atoms with van der Waals surface area (Å²) in [5.41, 5.74) is 5.94. The van der Waals surface area contributed by atoms with Gasteiger partial charge in [0.2, 0.25) is 0 Å². The molecule has 2 fully saturated rings. The molecule has 0 spiro atoms. The molecular formula is C68H113FO9Si4. The molecule has 3 aromatic carbocycles. The minimum Gasteiger partial charge on any atom is -0.416 e. The Labute approximate surface area is 502 Å². The van der Waals surface area contributed by atoms with E-state index in [1.54, 1.807) is 6.07 Å². The molecule has 82 heavy (non-hydrogen) atoms. The average Bonchev–Trinajstić information content (AvgIpc) is 4.13. The van der Waals surface area contributed by atoms with Gasteiger partial charge in [0.05, 0.1) is 45.2 Å². The van der Waals surface area contributed by atoms with Gasteiger partial charge in [-0.2, -0.15) is 0 Å². The largest absolute Gasteiger partial charge is 0.416 e. The number of benzene rings is 3. The highest BCUT2D eigenvalue weighted by Crippen LogP contribution is 2.45. The molecule has 1 N–H and O–H groups in total. The van der Waals surface area contributed by atoms with Gasteiger partial charge in [-0.25, -0.2) is 4.39 Å². The van der Waals surface area contributed by atoms with Crippen LogP contribution in [0.5, 0.6) is 0 Å². The highest BCUT2D eigenvalue weighted by molar-refractivity contribution is 6.99. The first-order chi connectivity index (χ1) is 38.5. The summed E-state index contributed by atoms with van der Waals surface area (Å²) in [5.74, 6) is -0.772. The van der Waals surface area contributed by atoms with E-state index in [1.165, 1.54) is 22.5 Å². The zero-order valence-electron chi connectivity index (χ0n) is 54.7.